The van der Waals surface area contributed by atoms with Crippen LogP contribution in [-0.2, 0) is 18.3 Å². The van der Waals surface area contributed by atoms with E-state index in [1.807, 2.05) is 20.9 Å². The van der Waals surface area contributed by atoms with Gasteiger partial charge in [0.05, 0.1) is 27.8 Å². The van der Waals surface area contributed by atoms with Crippen molar-refractivity contribution in [2.24, 2.45) is 7.05 Å². The molecule has 2 N–H and O–H groups in total. The van der Waals surface area contributed by atoms with E-state index in [9.17, 15) is 4.79 Å². The smallest absolute Gasteiger partial charge is 0.242 e. The monoisotopic (exact) mass is 360 g/mol. The molecule has 0 fully saturated rings. The highest BCUT2D eigenvalue weighted by Gasteiger charge is 2.14. The van der Waals surface area contributed by atoms with E-state index in [-0.39, 0.29) is 12.3 Å². The summed E-state index contributed by atoms with van der Waals surface area (Å²) in [5.41, 5.74) is 8.39. The normalized spacial score (nSPS) is 10.6. The third-order valence-corrected chi connectivity index (χ3v) is 4.14. The molecule has 0 unspecified atom stereocenters. The van der Waals surface area contributed by atoms with Gasteiger partial charge in [-0.25, -0.2) is 0 Å². The van der Waals surface area contributed by atoms with Crippen LogP contribution in [0.3, 0.4) is 0 Å². The van der Waals surface area contributed by atoms with E-state index < -0.39 is 0 Å². The van der Waals surface area contributed by atoms with Crippen LogP contribution in [0.1, 0.15) is 17.0 Å². The van der Waals surface area contributed by atoms with Crippen LogP contribution in [0.2, 0.25) is 15.1 Å². The molecule has 1 amide bonds. The molecule has 1 heterocycles. The van der Waals surface area contributed by atoms with Gasteiger partial charge in [-0.15, -0.1) is 0 Å². The Morgan fingerprint density at radius 2 is 1.82 bits per heavy atom. The number of aryl methyl sites for hydroxylation is 2. The summed E-state index contributed by atoms with van der Waals surface area (Å²) in [6.07, 6.45) is 0.210. The van der Waals surface area contributed by atoms with Crippen molar-refractivity contribution in [2.45, 2.75) is 20.3 Å². The van der Waals surface area contributed by atoms with Gasteiger partial charge in [-0.05, 0) is 26.0 Å². The number of amides is 1. The van der Waals surface area contributed by atoms with Crippen LogP contribution in [0, 0.1) is 13.8 Å². The molecule has 1 aromatic heterocycles. The van der Waals surface area contributed by atoms with Crippen molar-refractivity contribution in [1.29, 1.82) is 0 Å². The van der Waals surface area contributed by atoms with Gasteiger partial charge in [-0.1, -0.05) is 34.8 Å². The van der Waals surface area contributed by atoms with E-state index in [0.717, 1.165) is 17.0 Å². The zero-order valence-corrected chi connectivity index (χ0v) is 14.6. The summed E-state index contributed by atoms with van der Waals surface area (Å²) in [4.78, 5) is 12.1. The maximum Gasteiger partial charge on any atom is 0.242 e. The van der Waals surface area contributed by atoms with Crippen molar-refractivity contribution in [3.05, 3.63) is 44.2 Å². The van der Waals surface area contributed by atoms with Gasteiger partial charge in [0.2, 0.25) is 5.91 Å². The molecule has 0 aliphatic carbocycles. The Morgan fingerprint density at radius 1 is 1.23 bits per heavy atom. The molecule has 0 atom stereocenters. The minimum atomic E-state index is -0.221. The zero-order chi connectivity index (χ0) is 16.4. The largest absolute Gasteiger partial charge is 0.296 e. The predicted molar refractivity (Wildman–Crippen MR) is 89.6 cm³/mol. The van der Waals surface area contributed by atoms with Gasteiger partial charge < -0.3 is 0 Å². The molecule has 8 heteroatoms. The number of rotatable bonds is 4. The van der Waals surface area contributed by atoms with Crippen molar-refractivity contribution >= 4 is 46.4 Å². The highest BCUT2D eigenvalue weighted by atomic mass is 35.5. The first-order valence-corrected chi connectivity index (χ1v) is 7.61. The van der Waals surface area contributed by atoms with Crippen LogP contribution in [0.15, 0.2) is 12.1 Å². The summed E-state index contributed by atoms with van der Waals surface area (Å²) >= 11 is 17.9. The number of hydrazine groups is 1. The molecule has 0 aliphatic heterocycles. The highest BCUT2D eigenvalue weighted by molar-refractivity contribution is 6.41. The quantitative estimate of drug-likeness (QED) is 0.817. The van der Waals surface area contributed by atoms with Crippen LogP contribution in [-0.4, -0.2) is 15.7 Å². The molecule has 2 aromatic rings. The molecule has 0 saturated carbocycles. The molecule has 0 bridgehead atoms. The Kier molecular flexibility index (Phi) is 5.21. The van der Waals surface area contributed by atoms with Crippen LogP contribution < -0.4 is 10.9 Å². The lowest BCUT2D eigenvalue weighted by atomic mass is 10.1. The predicted octanol–water partition coefficient (Wildman–Crippen LogP) is 3.68. The van der Waals surface area contributed by atoms with E-state index in [0.29, 0.717) is 20.8 Å². The van der Waals surface area contributed by atoms with Crippen LogP contribution >= 0.6 is 34.8 Å². The summed E-state index contributed by atoms with van der Waals surface area (Å²) in [7, 11) is 1.84. The van der Waals surface area contributed by atoms with Gasteiger partial charge in [0.25, 0.3) is 0 Å². The Labute approximate surface area is 143 Å². The van der Waals surface area contributed by atoms with Crippen LogP contribution in [0.4, 0.5) is 5.69 Å². The molecule has 0 aliphatic rings. The van der Waals surface area contributed by atoms with Crippen molar-refractivity contribution in [3.63, 3.8) is 0 Å². The van der Waals surface area contributed by atoms with E-state index in [1.54, 1.807) is 16.8 Å². The second kappa shape index (κ2) is 6.77. The fourth-order valence-electron chi connectivity index (χ4n) is 2.07. The Morgan fingerprint density at radius 3 is 2.32 bits per heavy atom. The second-order valence-electron chi connectivity index (χ2n) is 4.87. The molecule has 118 valence electrons. The van der Waals surface area contributed by atoms with Gasteiger partial charge in [-0.2, -0.15) is 5.10 Å². The minimum absolute atomic E-state index is 0.210. The number of carbonyl (C=O) groups is 1. The van der Waals surface area contributed by atoms with E-state index in [1.165, 1.54) is 0 Å². The zero-order valence-electron chi connectivity index (χ0n) is 12.3. The Bertz CT molecular complexity index is 704. The number of carbonyl (C=O) groups excluding carboxylic acids is 1. The number of nitrogens with one attached hydrogen (secondary N) is 2. The van der Waals surface area contributed by atoms with Crippen LogP contribution in [0.5, 0.6) is 0 Å². The first kappa shape index (κ1) is 16.9. The lowest BCUT2D eigenvalue weighted by Crippen LogP contribution is -2.31. The van der Waals surface area contributed by atoms with Crippen molar-refractivity contribution in [1.82, 2.24) is 15.2 Å². The fourth-order valence-corrected chi connectivity index (χ4v) is 2.98. The van der Waals surface area contributed by atoms with Gasteiger partial charge in [-0.3, -0.25) is 20.3 Å². The summed E-state index contributed by atoms with van der Waals surface area (Å²) in [5.74, 6) is -0.221. The lowest BCUT2D eigenvalue weighted by Gasteiger charge is -2.12. The van der Waals surface area contributed by atoms with Crippen molar-refractivity contribution in [3.8, 4) is 0 Å². The van der Waals surface area contributed by atoms with Crippen molar-refractivity contribution in [2.75, 3.05) is 5.43 Å². The van der Waals surface area contributed by atoms with Crippen LogP contribution in [0.25, 0.3) is 0 Å². The highest BCUT2D eigenvalue weighted by Crippen LogP contribution is 2.33. The van der Waals surface area contributed by atoms with Crippen molar-refractivity contribution < 1.29 is 4.79 Å². The lowest BCUT2D eigenvalue weighted by molar-refractivity contribution is -0.119. The molecule has 0 spiro atoms. The first-order valence-electron chi connectivity index (χ1n) is 6.48. The summed E-state index contributed by atoms with van der Waals surface area (Å²) < 4.78 is 1.75. The SMILES string of the molecule is Cc1nn(C)c(C)c1CC(=O)NNc1c(Cl)cc(Cl)cc1Cl. The summed E-state index contributed by atoms with van der Waals surface area (Å²) in [6.45, 7) is 3.79. The van der Waals surface area contributed by atoms with E-state index in [4.69, 9.17) is 34.8 Å². The average Bonchev–Trinajstić information content (AvgIpc) is 2.64. The Balaban J connectivity index is 2.05. The Hall–Kier alpha value is -1.43. The number of benzene rings is 1. The number of anilines is 1. The summed E-state index contributed by atoms with van der Waals surface area (Å²) in [5, 5.41) is 5.35. The fraction of sp³-hybridized carbons (Fsp3) is 0.286. The van der Waals surface area contributed by atoms with Gasteiger partial charge >= 0.3 is 0 Å². The topological polar surface area (TPSA) is 59.0 Å². The number of hydrogen-bond acceptors (Lipinski definition) is 3. The van der Waals surface area contributed by atoms with Gasteiger partial charge in [0.15, 0.2) is 0 Å². The maximum absolute atomic E-state index is 12.1. The third-order valence-electron chi connectivity index (χ3n) is 3.33. The number of halogens is 3. The number of hydrogen-bond donors (Lipinski definition) is 2. The number of nitrogens with zero attached hydrogens (tertiary/aromatic N) is 2. The molecule has 0 radical (unpaired) electrons. The molecule has 1 aromatic carbocycles. The standard InChI is InChI=1S/C14H15Cl3N4O/c1-7-10(8(2)21(3)20-7)6-13(22)18-19-14-11(16)4-9(15)5-12(14)17/h4-5,19H,6H2,1-3H3,(H,18,22). The van der Waals surface area contributed by atoms with E-state index >= 15 is 0 Å². The third kappa shape index (κ3) is 3.66. The molecule has 2 rings (SSSR count). The van der Waals surface area contributed by atoms with Gasteiger partial charge in [0.1, 0.15) is 0 Å². The first-order chi connectivity index (χ1) is 10.3. The maximum atomic E-state index is 12.1. The molecule has 22 heavy (non-hydrogen) atoms. The minimum Gasteiger partial charge on any atom is -0.296 e. The van der Waals surface area contributed by atoms with E-state index in [2.05, 4.69) is 16.0 Å². The molecule has 0 saturated heterocycles. The summed E-state index contributed by atoms with van der Waals surface area (Å²) in [6, 6.07) is 3.08. The molecule has 5 nitrogen and oxygen atoms in total. The average molecular weight is 362 g/mol. The second-order valence-corrected chi connectivity index (χ2v) is 6.12. The number of aromatic nitrogens is 2. The van der Waals surface area contributed by atoms with Gasteiger partial charge in [0, 0.05) is 23.3 Å². The molecular formula is C14H15Cl3N4O. The molecular weight excluding hydrogens is 347 g/mol.